The van der Waals surface area contributed by atoms with E-state index in [0.717, 1.165) is 33.4 Å². The lowest BCUT2D eigenvalue weighted by Gasteiger charge is -2.28. The van der Waals surface area contributed by atoms with Crippen molar-refractivity contribution in [3.05, 3.63) is 117 Å². The number of carbonyl (C=O) groups is 4. The second-order valence-corrected chi connectivity index (χ2v) is 19.1. The molecule has 0 radical (unpaired) electrons. The predicted octanol–water partition coefficient (Wildman–Crippen LogP) is 8.17. The number of nitrogens with one attached hydrogen (secondary N) is 4. The van der Waals surface area contributed by atoms with Crippen LogP contribution in [0.5, 0.6) is 23.0 Å². The lowest BCUT2D eigenvalue weighted by Crippen LogP contribution is -2.41. The van der Waals surface area contributed by atoms with Crippen LogP contribution >= 0.6 is 0 Å². The molecule has 0 saturated carbocycles. The summed E-state index contributed by atoms with van der Waals surface area (Å²) in [4.78, 5) is 48.6. The van der Waals surface area contributed by atoms with Crippen LogP contribution in [0.4, 0.5) is 0 Å². The van der Waals surface area contributed by atoms with Gasteiger partial charge in [-0.15, -0.1) is 0 Å². The van der Waals surface area contributed by atoms with E-state index in [1.165, 1.54) is 24.3 Å². The van der Waals surface area contributed by atoms with Gasteiger partial charge in [-0.05, 0) is 92.1 Å². The van der Waals surface area contributed by atoms with Gasteiger partial charge in [-0.25, -0.2) is 0 Å². The molecule has 0 atom stereocenters. The number of para-hydroxylation sites is 2. The Morgan fingerprint density at radius 3 is 0.950 bits per heavy atom. The summed E-state index contributed by atoms with van der Waals surface area (Å²) in [7, 11) is 0. The van der Waals surface area contributed by atoms with Crippen molar-refractivity contribution in [3.8, 4) is 23.0 Å². The summed E-state index contributed by atoms with van der Waals surface area (Å²) >= 11 is 0. The van der Waals surface area contributed by atoms with Crippen LogP contribution in [0.1, 0.15) is 150 Å². The van der Waals surface area contributed by atoms with Crippen LogP contribution in [0.2, 0.25) is 0 Å². The van der Waals surface area contributed by atoms with Gasteiger partial charge in [0, 0.05) is 12.8 Å². The minimum absolute atomic E-state index is 0.0325. The zero-order valence-electron chi connectivity index (χ0n) is 37.2. The smallest absolute Gasteiger partial charge is 0.273 e. The molecule has 0 heterocycles. The van der Waals surface area contributed by atoms with Gasteiger partial charge in [0.15, 0.2) is 0 Å². The number of phenolic OH excluding ortho intramolecular Hbond substituents is 4. The van der Waals surface area contributed by atoms with Crippen molar-refractivity contribution in [1.29, 1.82) is 0 Å². The molecule has 8 N–H and O–H groups in total. The Hall–Kier alpha value is -6.04. The summed E-state index contributed by atoms with van der Waals surface area (Å²) in [5, 5.41) is 40.8. The number of rotatable bonds is 8. The van der Waals surface area contributed by atoms with Gasteiger partial charge < -0.3 is 20.4 Å². The number of benzene rings is 4. The number of hydrazine groups is 2. The van der Waals surface area contributed by atoms with E-state index in [1.54, 1.807) is 24.3 Å². The Morgan fingerprint density at radius 1 is 0.433 bits per heavy atom. The van der Waals surface area contributed by atoms with Crippen molar-refractivity contribution < 1.29 is 39.6 Å². The first kappa shape index (κ1) is 48.3. The van der Waals surface area contributed by atoms with E-state index in [1.807, 2.05) is 24.3 Å². The van der Waals surface area contributed by atoms with Gasteiger partial charge in [0.05, 0.1) is 11.1 Å². The lowest BCUT2D eigenvalue weighted by atomic mass is 9.78. The van der Waals surface area contributed by atoms with Crippen LogP contribution in [0.25, 0.3) is 0 Å². The Kier molecular flexibility index (Phi) is 15.6. The van der Waals surface area contributed by atoms with E-state index in [4.69, 9.17) is 0 Å². The first-order chi connectivity index (χ1) is 27.6. The first-order valence-electron chi connectivity index (χ1n) is 20.1. The average Bonchev–Trinajstić information content (AvgIpc) is 3.13. The van der Waals surface area contributed by atoms with E-state index >= 15 is 0 Å². The molecule has 0 unspecified atom stereocenters. The van der Waals surface area contributed by atoms with Crippen LogP contribution < -0.4 is 21.7 Å². The highest BCUT2D eigenvalue weighted by Gasteiger charge is 2.28. The fraction of sp³-hybridized carbons (Fsp3) is 0.417. The summed E-state index contributed by atoms with van der Waals surface area (Å²) < 4.78 is 0. The Bertz CT molecular complexity index is 1960. The quantitative estimate of drug-likeness (QED) is 0.0814. The third-order valence-corrected chi connectivity index (χ3v) is 9.78. The molecular formula is C48H64N4O8. The molecule has 0 aliphatic rings. The van der Waals surface area contributed by atoms with Crippen LogP contribution in [0.15, 0.2) is 72.8 Å². The van der Waals surface area contributed by atoms with Gasteiger partial charge in [0.1, 0.15) is 23.0 Å². The highest BCUT2D eigenvalue weighted by atomic mass is 16.3. The molecule has 60 heavy (non-hydrogen) atoms. The fourth-order valence-corrected chi connectivity index (χ4v) is 6.32. The molecule has 12 nitrogen and oxygen atoms in total. The number of aryl methyl sites for hydroxylation is 2. The van der Waals surface area contributed by atoms with E-state index in [2.05, 4.69) is 105 Å². The third kappa shape index (κ3) is 13.5. The van der Waals surface area contributed by atoms with E-state index in [0.29, 0.717) is 24.3 Å². The monoisotopic (exact) mass is 824 g/mol. The molecular weight excluding hydrogens is 761 g/mol. The highest BCUT2D eigenvalue weighted by Crippen LogP contribution is 2.41. The van der Waals surface area contributed by atoms with Crippen molar-refractivity contribution in [1.82, 2.24) is 21.7 Å². The molecule has 0 aromatic heterocycles. The normalized spacial score (nSPS) is 11.8. The number of amides is 4. The molecule has 4 rings (SSSR count). The van der Waals surface area contributed by atoms with Gasteiger partial charge >= 0.3 is 0 Å². The van der Waals surface area contributed by atoms with Crippen LogP contribution in [-0.2, 0) is 44.1 Å². The molecule has 324 valence electrons. The molecule has 0 aliphatic heterocycles. The molecule has 4 amide bonds. The number of hydrogen-bond acceptors (Lipinski definition) is 8. The molecule has 0 saturated heterocycles. The van der Waals surface area contributed by atoms with Gasteiger partial charge in [-0.3, -0.25) is 40.9 Å². The SMILES string of the molecule is CC(C)(C)c1cc(CCC(=O)NNC(=O)CCc2cc(C(C)(C)C)c(O)c(C(C)(C)C)c2)cc(C(C)(C)C)c1O.O=C(NNC(=O)c1ccccc1O)c1ccccc1O. The molecule has 0 fully saturated rings. The Morgan fingerprint density at radius 2 is 0.700 bits per heavy atom. The number of hydrogen-bond donors (Lipinski definition) is 8. The van der Waals surface area contributed by atoms with E-state index in [-0.39, 0.29) is 68.9 Å². The van der Waals surface area contributed by atoms with Crippen molar-refractivity contribution in [2.45, 2.75) is 130 Å². The van der Waals surface area contributed by atoms with E-state index < -0.39 is 11.8 Å². The standard InChI is InChI=1S/C34H52N2O4.C14H12N2O4/c1-31(2,3)23-17-21(18-24(29(23)39)32(4,5)6)13-15-27(37)35-36-28(38)16-14-22-19-25(33(7,8)9)30(40)26(20-22)34(10,11)12;17-11-7-3-1-5-9(11)13(19)15-16-14(20)10-6-2-4-8-12(10)18/h17-20,39-40H,13-16H2,1-12H3,(H,35,37)(H,36,38);1-8,17-18H,(H,15,19)(H,16,20). The zero-order chi connectivity index (χ0) is 45.4. The molecule has 4 aromatic rings. The zero-order valence-corrected chi connectivity index (χ0v) is 37.2. The topological polar surface area (TPSA) is 197 Å². The van der Waals surface area contributed by atoms with Crippen LogP contribution in [0.3, 0.4) is 0 Å². The average molecular weight is 825 g/mol. The molecule has 4 aromatic carbocycles. The van der Waals surface area contributed by atoms with Crippen molar-refractivity contribution in [2.24, 2.45) is 0 Å². The molecule has 0 aliphatic carbocycles. The maximum Gasteiger partial charge on any atom is 0.273 e. The maximum atomic E-state index is 12.6. The summed E-state index contributed by atoms with van der Waals surface area (Å²) in [5.41, 5.74) is 13.9. The number of aromatic hydroxyl groups is 4. The summed E-state index contributed by atoms with van der Waals surface area (Å²) in [6.07, 6.45) is 1.40. The maximum absolute atomic E-state index is 12.6. The van der Waals surface area contributed by atoms with E-state index in [9.17, 15) is 39.6 Å². The van der Waals surface area contributed by atoms with Crippen molar-refractivity contribution in [2.75, 3.05) is 0 Å². The number of phenols is 4. The molecule has 0 bridgehead atoms. The second kappa shape index (κ2) is 19.4. The van der Waals surface area contributed by atoms with Crippen LogP contribution in [0, 0.1) is 0 Å². The van der Waals surface area contributed by atoms with Crippen molar-refractivity contribution in [3.63, 3.8) is 0 Å². The Balaban J connectivity index is 0.000000399. The first-order valence-corrected chi connectivity index (χ1v) is 20.1. The van der Waals surface area contributed by atoms with Crippen LogP contribution in [-0.4, -0.2) is 44.1 Å². The minimum atomic E-state index is -0.660. The molecule has 0 spiro atoms. The molecule has 12 heteroatoms. The van der Waals surface area contributed by atoms with Gasteiger partial charge in [0.25, 0.3) is 11.8 Å². The largest absolute Gasteiger partial charge is 0.507 e. The predicted molar refractivity (Wildman–Crippen MR) is 235 cm³/mol. The van der Waals surface area contributed by atoms with Gasteiger partial charge in [0.2, 0.25) is 11.8 Å². The van der Waals surface area contributed by atoms with Gasteiger partial charge in [-0.1, -0.05) is 132 Å². The summed E-state index contributed by atoms with van der Waals surface area (Å²) in [6, 6.07) is 19.8. The van der Waals surface area contributed by atoms with Gasteiger partial charge in [-0.2, -0.15) is 0 Å². The Labute approximate surface area is 354 Å². The lowest BCUT2D eigenvalue weighted by molar-refractivity contribution is -0.128. The minimum Gasteiger partial charge on any atom is -0.507 e. The number of carbonyl (C=O) groups excluding carboxylic acids is 4. The second-order valence-electron chi connectivity index (χ2n) is 19.1. The van der Waals surface area contributed by atoms with Crippen molar-refractivity contribution >= 4 is 23.6 Å². The summed E-state index contributed by atoms with van der Waals surface area (Å²) in [5.74, 6) is -1.62. The fourth-order valence-electron chi connectivity index (χ4n) is 6.32. The third-order valence-electron chi connectivity index (χ3n) is 9.78. The highest BCUT2D eigenvalue weighted by molar-refractivity contribution is 6.01. The summed E-state index contributed by atoms with van der Waals surface area (Å²) in [6.45, 7) is 24.7.